The maximum absolute atomic E-state index is 12.7. The molecule has 176 valence electrons. The molecule has 0 atom stereocenters. The number of carbonyl (C=O) groups excluding carboxylic acids is 1. The molecule has 5 nitrogen and oxygen atoms in total. The van der Waals surface area contributed by atoms with E-state index in [1.165, 1.54) is 0 Å². The second-order valence-electron chi connectivity index (χ2n) is 8.51. The van der Waals surface area contributed by atoms with Gasteiger partial charge in [-0.3, -0.25) is 9.69 Å². The summed E-state index contributed by atoms with van der Waals surface area (Å²) in [6.07, 6.45) is 0.624. The van der Waals surface area contributed by atoms with E-state index in [1.54, 1.807) is 18.2 Å². The topological polar surface area (TPSA) is 38.8 Å². The number of nitrogens with one attached hydrogen (secondary N) is 1. The second kappa shape index (κ2) is 10.9. The van der Waals surface area contributed by atoms with Crippen molar-refractivity contribution in [3.05, 3.63) is 54.8 Å². The molecule has 1 N–H and O–H groups in total. The van der Waals surface area contributed by atoms with Crippen molar-refractivity contribution >= 4 is 11.6 Å². The SMILES string of the molecule is C=CC(=C)NC1CCN(C(=O)CCCN2CCN(c3ccc(C(F)(F)F)cc3)CC2)CC1. The third kappa shape index (κ3) is 6.76. The van der Waals surface area contributed by atoms with Crippen molar-refractivity contribution in [2.75, 3.05) is 50.7 Å². The monoisotopic (exact) mass is 450 g/mol. The lowest BCUT2D eigenvalue weighted by Crippen LogP contribution is -2.47. The molecule has 0 unspecified atom stereocenters. The molecule has 0 aromatic heterocycles. The summed E-state index contributed by atoms with van der Waals surface area (Å²) in [5.41, 5.74) is 1.03. The Morgan fingerprint density at radius 1 is 1.06 bits per heavy atom. The number of piperazine rings is 1. The number of rotatable bonds is 8. The Kier molecular flexibility index (Phi) is 8.23. The van der Waals surface area contributed by atoms with E-state index in [9.17, 15) is 18.0 Å². The molecule has 2 aliphatic heterocycles. The molecule has 8 heteroatoms. The van der Waals surface area contributed by atoms with Gasteiger partial charge < -0.3 is 15.1 Å². The third-order valence-corrected chi connectivity index (χ3v) is 6.28. The van der Waals surface area contributed by atoms with Crippen molar-refractivity contribution in [3.63, 3.8) is 0 Å². The van der Waals surface area contributed by atoms with Crippen LogP contribution in [-0.2, 0) is 11.0 Å². The Bertz CT molecular complexity index is 777. The fourth-order valence-electron chi connectivity index (χ4n) is 4.30. The highest BCUT2D eigenvalue weighted by atomic mass is 19.4. The molecule has 2 fully saturated rings. The van der Waals surface area contributed by atoms with Gasteiger partial charge in [0.05, 0.1) is 5.56 Å². The predicted molar refractivity (Wildman–Crippen MR) is 121 cm³/mol. The molecule has 1 aromatic carbocycles. The number of alkyl halides is 3. The number of nitrogens with zero attached hydrogens (tertiary/aromatic N) is 3. The van der Waals surface area contributed by atoms with E-state index in [4.69, 9.17) is 0 Å². The largest absolute Gasteiger partial charge is 0.416 e. The number of piperidine rings is 1. The normalized spacial score (nSPS) is 18.5. The first-order valence-electron chi connectivity index (χ1n) is 11.3. The summed E-state index contributed by atoms with van der Waals surface area (Å²) in [5, 5.41) is 3.33. The summed E-state index contributed by atoms with van der Waals surface area (Å²) >= 11 is 0. The van der Waals surface area contributed by atoms with Gasteiger partial charge in [0.2, 0.25) is 5.91 Å². The standard InChI is InChI=1S/C24H33F3N4O/c1-3-19(2)28-21-10-13-31(14-11-21)23(32)5-4-12-29-15-17-30(18-16-29)22-8-6-20(7-9-22)24(25,26)27/h3,6-9,21,28H,1-2,4-5,10-18H2. The van der Waals surface area contributed by atoms with Crippen LogP contribution in [0.4, 0.5) is 18.9 Å². The number of halogens is 3. The molecule has 0 saturated carbocycles. The Labute approximate surface area is 188 Å². The third-order valence-electron chi connectivity index (χ3n) is 6.28. The van der Waals surface area contributed by atoms with Crippen molar-refractivity contribution in [2.24, 2.45) is 0 Å². The predicted octanol–water partition coefficient (Wildman–Crippen LogP) is 3.89. The molecule has 0 spiro atoms. The molecule has 3 rings (SSSR count). The minimum atomic E-state index is -4.30. The molecule has 0 radical (unpaired) electrons. The molecular formula is C24H33F3N4O. The highest BCUT2D eigenvalue weighted by Gasteiger charge is 2.30. The van der Waals surface area contributed by atoms with Gasteiger partial charge in [0, 0.05) is 63.1 Å². The fraction of sp³-hybridized carbons (Fsp3) is 0.542. The van der Waals surface area contributed by atoms with E-state index in [0.29, 0.717) is 12.5 Å². The first kappa shape index (κ1) is 24.2. The summed E-state index contributed by atoms with van der Waals surface area (Å²) in [5.74, 6) is 0.217. The average Bonchev–Trinajstić information content (AvgIpc) is 2.79. The molecule has 1 aromatic rings. The van der Waals surface area contributed by atoms with Gasteiger partial charge in [-0.1, -0.05) is 13.2 Å². The number of hydrogen-bond donors (Lipinski definition) is 1. The summed E-state index contributed by atoms with van der Waals surface area (Å²) in [4.78, 5) is 18.9. The number of allylic oxidation sites excluding steroid dienone is 1. The quantitative estimate of drug-likeness (QED) is 0.610. The van der Waals surface area contributed by atoms with Gasteiger partial charge in [-0.2, -0.15) is 13.2 Å². The van der Waals surface area contributed by atoms with E-state index in [-0.39, 0.29) is 5.91 Å². The Morgan fingerprint density at radius 3 is 2.25 bits per heavy atom. The summed E-state index contributed by atoms with van der Waals surface area (Å²) in [7, 11) is 0. The molecular weight excluding hydrogens is 417 g/mol. The van der Waals surface area contributed by atoms with Crippen LogP contribution in [0.1, 0.15) is 31.2 Å². The molecule has 2 saturated heterocycles. The van der Waals surface area contributed by atoms with Gasteiger partial charge in [-0.15, -0.1) is 0 Å². The number of benzene rings is 1. The first-order chi connectivity index (χ1) is 15.3. The summed E-state index contributed by atoms with van der Waals surface area (Å²) in [6.45, 7) is 13.2. The highest BCUT2D eigenvalue weighted by Crippen LogP contribution is 2.30. The van der Waals surface area contributed by atoms with Crippen LogP contribution in [0.3, 0.4) is 0 Å². The average molecular weight is 451 g/mol. The maximum atomic E-state index is 12.7. The smallest absolute Gasteiger partial charge is 0.383 e. The van der Waals surface area contributed by atoms with Crippen molar-refractivity contribution in [1.82, 2.24) is 15.1 Å². The lowest BCUT2D eigenvalue weighted by atomic mass is 10.0. The minimum absolute atomic E-state index is 0.217. The van der Waals surface area contributed by atoms with Gasteiger partial charge in [0.15, 0.2) is 0 Å². The first-order valence-corrected chi connectivity index (χ1v) is 11.3. The molecule has 2 heterocycles. The Hall–Kier alpha value is -2.48. The molecule has 32 heavy (non-hydrogen) atoms. The van der Waals surface area contributed by atoms with Crippen molar-refractivity contribution < 1.29 is 18.0 Å². The van der Waals surface area contributed by atoms with Gasteiger partial charge in [-0.05, 0) is 56.1 Å². The van der Waals surface area contributed by atoms with Crippen LogP contribution in [0.25, 0.3) is 0 Å². The van der Waals surface area contributed by atoms with E-state index in [2.05, 4.69) is 28.3 Å². The van der Waals surface area contributed by atoms with E-state index < -0.39 is 11.7 Å². The van der Waals surface area contributed by atoms with Crippen LogP contribution in [0.2, 0.25) is 0 Å². The number of anilines is 1. The number of likely N-dealkylation sites (tertiary alicyclic amines) is 1. The Morgan fingerprint density at radius 2 is 1.69 bits per heavy atom. The molecule has 2 aliphatic rings. The van der Waals surface area contributed by atoms with Gasteiger partial charge >= 0.3 is 6.18 Å². The van der Waals surface area contributed by atoms with Crippen molar-refractivity contribution in [3.8, 4) is 0 Å². The van der Waals surface area contributed by atoms with Gasteiger partial charge in [-0.25, -0.2) is 0 Å². The van der Waals surface area contributed by atoms with Crippen LogP contribution in [0.5, 0.6) is 0 Å². The molecule has 0 aliphatic carbocycles. The highest BCUT2D eigenvalue weighted by molar-refractivity contribution is 5.76. The van der Waals surface area contributed by atoms with Crippen LogP contribution in [-0.4, -0.2) is 67.6 Å². The number of carbonyl (C=O) groups is 1. The summed E-state index contributed by atoms with van der Waals surface area (Å²) in [6, 6.07) is 5.72. The maximum Gasteiger partial charge on any atom is 0.416 e. The van der Waals surface area contributed by atoms with E-state index in [1.807, 2.05) is 4.90 Å². The second-order valence-corrected chi connectivity index (χ2v) is 8.51. The number of amides is 1. The zero-order chi connectivity index (χ0) is 23.1. The van der Waals surface area contributed by atoms with Gasteiger partial charge in [0.25, 0.3) is 0 Å². The fourth-order valence-corrected chi connectivity index (χ4v) is 4.30. The molecule has 1 amide bonds. The van der Waals surface area contributed by atoms with Crippen molar-refractivity contribution in [1.29, 1.82) is 0 Å². The van der Waals surface area contributed by atoms with Gasteiger partial charge in [0.1, 0.15) is 0 Å². The summed E-state index contributed by atoms with van der Waals surface area (Å²) < 4.78 is 38.2. The van der Waals surface area contributed by atoms with Crippen LogP contribution >= 0.6 is 0 Å². The Balaban J connectivity index is 1.33. The lowest BCUT2D eigenvalue weighted by molar-refractivity contribution is -0.137. The minimum Gasteiger partial charge on any atom is -0.383 e. The molecule has 0 bridgehead atoms. The van der Waals surface area contributed by atoms with Crippen LogP contribution < -0.4 is 10.2 Å². The van der Waals surface area contributed by atoms with Crippen LogP contribution in [0, 0.1) is 0 Å². The van der Waals surface area contributed by atoms with Crippen LogP contribution in [0.15, 0.2) is 49.2 Å². The number of hydrogen-bond acceptors (Lipinski definition) is 4. The zero-order valence-corrected chi connectivity index (χ0v) is 18.5. The zero-order valence-electron chi connectivity index (χ0n) is 18.5. The van der Waals surface area contributed by atoms with E-state index in [0.717, 1.165) is 88.6 Å². The lowest BCUT2D eigenvalue weighted by Gasteiger charge is -2.36. The van der Waals surface area contributed by atoms with E-state index >= 15 is 0 Å². The van der Waals surface area contributed by atoms with Crippen molar-refractivity contribution in [2.45, 2.75) is 37.9 Å².